The van der Waals surface area contributed by atoms with Gasteiger partial charge in [0.25, 0.3) is 0 Å². The third-order valence-corrected chi connectivity index (χ3v) is 4.79. The highest BCUT2D eigenvalue weighted by atomic mass is 32.2. The predicted octanol–water partition coefficient (Wildman–Crippen LogP) is 2.36. The van der Waals surface area contributed by atoms with Crippen LogP contribution < -0.4 is 10.5 Å². The first kappa shape index (κ1) is 14.6. The largest absolute Gasteiger partial charge is 0.397 e. The van der Waals surface area contributed by atoms with E-state index in [0.29, 0.717) is 11.3 Å². The molecule has 2 rings (SSSR count). The standard InChI is InChI=1S/C15H18N2O2S/c1-11-8-9-12(2)15(14(11)16)20(18,19)17-10-13-6-4-3-5-7-13/h3-9,17H,10,16H2,1-2H3. The molecule has 0 fully saturated rings. The van der Waals surface area contributed by atoms with E-state index >= 15 is 0 Å². The van der Waals surface area contributed by atoms with E-state index in [9.17, 15) is 8.42 Å². The lowest BCUT2D eigenvalue weighted by Gasteiger charge is -2.13. The Morgan fingerprint density at radius 1 is 1.00 bits per heavy atom. The van der Waals surface area contributed by atoms with Gasteiger partial charge in [-0.15, -0.1) is 0 Å². The molecule has 20 heavy (non-hydrogen) atoms. The third-order valence-electron chi connectivity index (χ3n) is 3.19. The van der Waals surface area contributed by atoms with E-state index in [4.69, 9.17) is 5.73 Å². The van der Waals surface area contributed by atoms with E-state index in [1.807, 2.05) is 36.4 Å². The molecule has 2 aromatic rings. The topological polar surface area (TPSA) is 72.2 Å². The first-order valence-electron chi connectivity index (χ1n) is 6.31. The van der Waals surface area contributed by atoms with Crippen molar-refractivity contribution in [3.63, 3.8) is 0 Å². The van der Waals surface area contributed by atoms with E-state index in [2.05, 4.69) is 4.72 Å². The summed E-state index contributed by atoms with van der Waals surface area (Å²) in [4.78, 5) is 0.174. The van der Waals surface area contributed by atoms with Crippen LogP contribution in [0.3, 0.4) is 0 Å². The molecule has 0 atom stereocenters. The van der Waals surface area contributed by atoms with Gasteiger partial charge in [0.2, 0.25) is 10.0 Å². The number of anilines is 1. The maximum Gasteiger partial charge on any atom is 0.243 e. The van der Waals surface area contributed by atoms with Crippen molar-refractivity contribution in [1.29, 1.82) is 0 Å². The summed E-state index contributed by atoms with van der Waals surface area (Å²) in [6.07, 6.45) is 0. The molecule has 0 spiro atoms. The molecular formula is C15H18N2O2S. The van der Waals surface area contributed by atoms with Crippen LogP contribution in [0, 0.1) is 13.8 Å². The molecule has 0 aliphatic carbocycles. The zero-order chi connectivity index (χ0) is 14.8. The summed E-state index contributed by atoms with van der Waals surface area (Å²) in [5.41, 5.74) is 8.54. The van der Waals surface area contributed by atoms with Crippen molar-refractivity contribution in [1.82, 2.24) is 4.72 Å². The van der Waals surface area contributed by atoms with E-state index in [-0.39, 0.29) is 11.4 Å². The average molecular weight is 290 g/mol. The average Bonchev–Trinajstić information content (AvgIpc) is 2.42. The highest BCUT2D eigenvalue weighted by Gasteiger charge is 2.20. The Kier molecular flexibility index (Phi) is 4.11. The third kappa shape index (κ3) is 3.00. The molecule has 5 heteroatoms. The van der Waals surface area contributed by atoms with Gasteiger partial charge in [-0.05, 0) is 30.5 Å². The Morgan fingerprint density at radius 2 is 1.60 bits per heavy atom. The number of sulfonamides is 1. The molecule has 0 amide bonds. The Labute approximate surface area is 119 Å². The van der Waals surface area contributed by atoms with Gasteiger partial charge in [-0.2, -0.15) is 0 Å². The summed E-state index contributed by atoms with van der Waals surface area (Å²) >= 11 is 0. The molecule has 2 aromatic carbocycles. The Hall–Kier alpha value is -1.85. The van der Waals surface area contributed by atoms with Gasteiger partial charge in [0.1, 0.15) is 4.90 Å². The van der Waals surface area contributed by atoms with Crippen molar-refractivity contribution in [2.75, 3.05) is 5.73 Å². The molecule has 0 radical (unpaired) electrons. The van der Waals surface area contributed by atoms with Crippen molar-refractivity contribution >= 4 is 15.7 Å². The van der Waals surface area contributed by atoms with Gasteiger partial charge in [0.05, 0.1) is 5.69 Å². The second kappa shape index (κ2) is 5.64. The molecule has 4 nitrogen and oxygen atoms in total. The SMILES string of the molecule is Cc1ccc(C)c(S(=O)(=O)NCc2ccccc2)c1N. The van der Waals surface area contributed by atoms with Crippen LogP contribution in [0.25, 0.3) is 0 Å². The van der Waals surface area contributed by atoms with Crippen molar-refractivity contribution < 1.29 is 8.42 Å². The van der Waals surface area contributed by atoms with Crippen LogP contribution in [0.4, 0.5) is 5.69 Å². The minimum atomic E-state index is -3.62. The normalized spacial score (nSPS) is 11.5. The molecule has 0 heterocycles. The molecule has 0 aliphatic heterocycles. The lowest BCUT2D eigenvalue weighted by molar-refractivity contribution is 0.581. The van der Waals surface area contributed by atoms with Crippen LogP contribution in [0.2, 0.25) is 0 Å². The van der Waals surface area contributed by atoms with Crippen LogP contribution >= 0.6 is 0 Å². The number of benzene rings is 2. The van der Waals surface area contributed by atoms with Crippen LogP contribution in [0.1, 0.15) is 16.7 Å². The zero-order valence-corrected chi connectivity index (χ0v) is 12.4. The first-order chi connectivity index (χ1) is 9.42. The van der Waals surface area contributed by atoms with Crippen molar-refractivity contribution in [3.05, 3.63) is 59.2 Å². The highest BCUT2D eigenvalue weighted by molar-refractivity contribution is 7.89. The molecular weight excluding hydrogens is 272 g/mol. The number of hydrogen-bond acceptors (Lipinski definition) is 3. The second-order valence-corrected chi connectivity index (χ2v) is 6.46. The van der Waals surface area contributed by atoms with Crippen molar-refractivity contribution in [3.8, 4) is 0 Å². The van der Waals surface area contributed by atoms with Crippen LogP contribution in [0.5, 0.6) is 0 Å². The summed E-state index contributed by atoms with van der Waals surface area (Å²) in [6, 6.07) is 13.0. The van der Waals surface area contributed by atoms with Gasteiger partial charge in [-0.3, -0.25) is 0 Å². The summed E-state index contributed by atoms with van der Waals surface area (Å²) in [5.74, 6) is 0. The predicted molar refractivity (Wildman–Crippen MR) is 80.8 cm³/mol. The van der Waals surface area contributed by atoms with Crippen LogP contribution in [0.15, 0.2) is 47.4 Å². The van der Waals surface area contributed by atoms with Crippen LogP contribution in [-0.4, -0.2) is 8.42 Å². The summed E-state index contributed by atoms with van der Waals surface area (Å²) < 4.78 is 27.4. The van der Waals surface area contributed by atoms with E-state index in [1.165, 1.54) is 0 Å². The van der Waals surface area contributed by atoms with E-state index in [1.54, 1.807) is 19.9 Å². The first-order valence-corrected chi connectivity index (χ1v) is 7.79. The van der Waals surface area contributed by atoms with Crippen molar-refractivity contribution in [2.45, 2.75) is 25.3 Å². The van der Waals surface area contributed by atoms with Gasteiger partial charge in [0.15, 0.2) is 0 Å². The minimum absolute atomic E-state index is 0.174. The minimum Gasteiger partial charge on any atom is -0.397 e. The van der Waals surface area contributed by atoms with Gasteiger partial charge >= 0.3 is 0 Å². The maximum atomic E-state index is 12.4. The molecule has 0 saturated heterocycles. The van der Waals surface area contributed by atoms with Gasteiger partial charge in [-0.1, -0.05) is 42.5 Å². The summed E-state index contributed by atoms with van der Waals surface area (Å²) in [7, 11) is -3.62. The number of nitrogens with one attached hydrogen (secondary N) is 1. The monoisotopic (exact) mass is 290 g/mol. The lowest BCUT2D eigenvalue weighted by Crippen LogP contribution is -2.25. The number of hydrogen-bond donors (Lipinski definition) is 2. The van der Waals surface area contributed by atoms with E-state index in [0.717, 1.165) is 11.1 Å². The number of nitrogens with two attached hydrogens (primary N) is 1. The summed E-state index contributed by atoms with van der Waals surface area (Å²) in [6.45, 7) is 3.79. The van der Waals surface area contributed by atoms with Gasteiger partial charge in [0, 0.05) is 6.54 Å². The molecule has 0 aliphatic rings. The number of rotatable bonds is 4. The Balaban J connectivity index is 2.30. The molecule has 0 bridgehead atoms. The zero-order valence-electron chi connectivity index (χ0n) is 11.6. The quantitative estimate of drug-likeness (QED) is 0.849. The maximum absolute atomic E-state index is 12.4. The molecule has 3 N–H and O–H groups in total. The summed E-state index contributed by atoms with van der Waals surface area (Å²) in [5, 5.41) is 0. The van der Waals surface area contributed by atoms with Crippen LogP contribution in [-0.2, 0) is 16.6 Å². The van der Waals surface area contributed by atoms with Gasteiger partial charge in [-0.25, -0.2) is 13.1 Å². The van der Waals surface area contributed by atoms with Crippen molar-refractivity contribution in [2.24, 2.45) is 0 Å². The molecule has 106 valence electrons. The Morgan fingerprint density at radius 3 is 2.25 bits per heavy atom. The molecule has 0 unspecified atom stereocenters. The van der Waals surface area contributed by atoms with E-state index < -0.39 is 10.0 Å². The number of aryl methyl sites for hydroxylation is 2. The molecule has 0 saturated carbocycles. The lowest BCUT2D eigenvalue weighted by atomic mass is 10.1. The molecule has 0 aromatic heterocycles. The highest BCUT2D eigenvalue weighted by Crippen LogP contribution is 2.25. The fourth-order valence-corrected chi connectivity index (χ4v) is 3.45. The number of nitrogen functional groups attached to an aromatic ring is 1. The fourth-order valence-electron chi connectivity index (χ4n) is 2.01. The second-order valence-electron chi connectivity index (χ2n) is 4.75. The Bertz CT molecular complexity index is 710. The van der Waals surface area contributed by atoms with Gasteiger partial charge < -0.3 is 5.73 Å². The smallest absolute Gasteiger partial charge is 0.243 e. The fraction of sp³-hybridized carbons (Fsp3) is 0.200.